The minimum absolute atomic E-state index is 0.806. The van der Waals surface area contributed by atoms with Crippen LogP contribution in [0.1, 0.15) is 33.1 Å². The lowest BCUT2D eigenvalue weighted by molar-refractivity contribution is 0.224. The molecule has 2 N–H and O–H groups in total. The summed E-state index contributed by atoms with van der Waals surface area (Å²) in [6.45, 7) is 9.03. The quantitative estimate of drug-likeness (QED) is 0.704. The third-order valence-electron chi connectivity index (χ3n) is 3.51. The molecule has 0 spiro atoms. The van der Waals surface area contributed by atoms with Gasteiger partial charge in [0.2, 0.25) is 0 Å². The van der Waals surface area contributed by atoms with Gasteiger partial charge in [-0.3, -0.25) is 0 Å². The lowest BCUT2D eigenvalue weighted by Crippen LogP contribution is -2.32. The SMILES string of the molecule is CCN(CC)CC1CCCC1CN. The Bertz CT molecular complexity index is 132. The van der Waals surface area contributed by atoms with Crippen molar-refractivity contribution in [1.29, 1.82) is 0 Å². The van der Waals surface area contributed by atoms with E-state index in [9.17, 15) is 0 Å². The molecule has 2 nitrogen and oxygen atoms in total. The van der Waals surface area contributed by atoms with Crippen molar-refractivity contribution in [2.24, 2.45) is 17.6 Å². The molecule has 1 aliphatic carbocycles. The van der Waals surface area contributed by atoms with Crippen molar-refractivity contribution >= 4 is 0 Å². The fourth-order valence-corrected chi connectivity index (χ4v) is 2.48. The first-order valence-corrected chi connectivity index (χ1v) is 5.74. The van der Waals surface area contributed by atoms with E-state index in [1.54, 1.807) is 0 Å². The van der Waals surface area contributed by atoms with Crippen molar-refractivity contribution < 1.29 is 0 Å². The van der Waals surface area contributed by atoms with Gasteiger partial charge in [-0.25, -0.2) is 0 Å². The molecule has 1 rings (SSSR count). The monoisotopic (exact) mass is 184 g/mol. The highest BCUT2D eigenvalue weighted by Gasteiger charge is 2.26. The first kappa shape index (κ1) is 11.0. The number of hydrogen-bond acceptors (Lipinski definition) is 2. The van der Waals surface area contributed by atoms with Crippen LogP contribution in [0.15, 0.2) is 0 Å². The Kier molecular flexibility index (Phi) is 4.74. The van der Waals surface area contributed by atoms with Gasteiger partial charge in [0.15, 0.2) is 0 Å². The summed E-state index contributed by atoms with van der Waals surface area (Å²) in [6, 6.07) is 0. The van der Waals surface area contributed by atoms with E-state index < -0.39 is 0 Å². The molecule has 0 radical (unpaired) electrons. The molecule has 2 unspecified atom stereocenters. The third-order valence-corrected chi connectivity index (χ3v) is 3.51. The second-order valence-electron chi connectivity index (χ2n) is 4.17. The number of rotatable bonds is 5. The Labute approximate surface area is 82.5 Å². The molecule has 1 aliphatic rings. The van der Waals surface area contributed by atoms with Crippen LogP contribution in [0.5, 0.6) is 0 Å². The highest BCUT2D eigenvalue weighted by atomic mass is 15.1. The summed E-state index contributed by atoms with van der Waals surface area (Å²) in [7, 11) is 0. The van der Waals surface area contributed by atoms with E-state index >= 15 is 0 Å². The Morgan fingerprint density at radius 3 is 2.31 bits per heavy atom. The van der Waals surface area contributed by atoms with Crippen LogP contribution in [0.2, 0.25) is 0 Å². The molecule has 2 atom stereocenters. The summed E-state index contributed by atoms with van der Waals surface area (Å²) in [5, 5.41) is 0. The van der Waals surface area contributed by atoms with Crippen LogP contribution < -0.4 is 5.73 Å². The predicted molar refractivity (Wildman–Crippen MR) is 57.7 cm³/mol. The molecule has 0 heterocycles. The zero-order valence-electron chi connectivity index (χ0n) is 9.13. The van der Waals surface area contributed by atoms with E-state index in [-0.39, 0.29) is 0 Å². The molecule has 13 heavy (non-hydrogen) atoms. The molecule has 78 valence electrons. The maximum atomic E-state index is 5.76. The molecule has 0 aromatic carbocycles. The zero-order valence-corrected chi connectivity index (χ0v) is 9.13. The van der Waals surface area contributed by atoms with E-state index in [0.29, 0.717) is 0 Å². The summed E-state index contributed by atoms with van der Waals surface area (Å²) in [4.78, 5) is 2.53. The van der Waals surface area contributed by atoms with Crippen LogP contribution in [0.3, 0.4) is 0 Å². The molecule has 0 aromatic heterocycles. The standard InChI is InChI=1S/C11H24N2/c1-3-13(4-2)9-11-7-5-6-10(11)8-12/h10-11H,3-9,12H2,1-2H3. The van der Waals surface area contributed by atoms with E-state index in [0.717, 1.165) is 18.4 Å². The van der Waals surface area contributed by atoms with Crippen LogP contribution in [-0.2, 0) is 0 Å². The number of nitrogens with two attached hydrogens (primary N) is 1. The number of hydrogen-bond donors (Lipinski definition) is 1. The minimum Gasteiger partial charge on any atom is -0.330 e. The minimum atomic E-state index is 0.806. The smallest absolute Gasteiger partial charge is 0.00125 e. The zero-order chi connectivity index (χ0) is 9.68. The van der Waals surface area contributed by atoms with Crippen LogP contribution in [-0.4, -0.2) is 31.1 Å². The van der Waals surface area contributed by atoms with Crippen LogP contribution >= 0.6 is 0 Å². The second kappa shape index (κ2) is 5.61. The van der Waals surface area contributed by atoms with Crippen LogP contribution in [0, 0.1) is 11.8 Å². The van der Waals surface area contributed by atoms with Gasteiger partial charge in [-0.2, -0.15) is 0 Å². The predicted octanol–water partition coefficient (Wildman–Crippen LogP) is 1.70. The van der Waals surface area contributed by atoms with Crippen molar-refractivity contribution in [2.45, 2.75) is 33.1 Å². The second-order valence-corrected chi connectivity index (χ2v) is 4.17. The summed E-state index contributed by atoms with van der Waals surface area (Å²) in [6.07, 6.45) is 4.16. The van der Waals surface area contributed by atoms with E-state index in [4.69, 9.17) is 5.73 Å². The summed E-state index contributed by atoms with van der Waals surface area (Å²) in [5.41, 5.74) is 5.76. The first-order chi connectivity index (χ1) is 6.31. The maximum Gasteiger partial charge on any atom is 0.00125 e. The average Bonchev–Trinajstić information content (AvgIpc) is 2.61. The lowest BCUT2D eigenvalue weighted by atomic mass is 9.96. The molecule has 0 saturated heterocycles. The molecule has 0 bridgehead atoms. The van der Waals surface area contributed by atoms with Gasteiger partial charge >= 0.3 is 0 Å². The van der Waals surface area contributed by atoms with E-state index in [2.05, 4.69) is 18.7 Å². The van der Waals surface area contributed by atoms with E-state index in [1.165, 1.54) is 38.9 Å². The fraction of sp³-hybridized carbons (Fsp3) is 1.00. The Hall–Kier alpha value is -0.0800. The molecular weight excluding hydrogens is 160 g/mol. The largest absolute Gasteiger partial charge is 0.330 e. The van der Waals surface area contributed by atoms with Gasteiger partial charge in [-0.1, -0.05) is 20.3 Å². The number of nitrogens with zero attached hydrogens (tertiary/aromatic N) is 1. The van der Waals surface area contributed by atoms with Gasteiger partial charge in [0.05, 0.1) is 0 Å². The van der Waals surface area contributed by atoms with Crippen LogP contribution in [0.4, 0.5) is 0 Å². The molecule has 0 amide bonds. The van der Waals surface area contributed by atoms with Crippen molar-refractivity contribution in [1.82, 2.24) is 4.90 Å². The lowest BCUT2D eigenvalue weighted by Gasteiger charge is -2.25. The van der Waals surface area contributed by atoms with Crippen molar-refractivity contribution in [2.75, 3.05) is 26.2 Å². The van der Waals surface area contributed by atoms with Gasteiger partial charge < -0.3 is 10.6 Å². The highest BCUT2D eigenvalue weighted by Crippen LogP contribution is 2.31. The summed E-state index contributed by atoms with van der Waals surface area (Å²) in [5.74, 6) is 1.69. The van der Waals surface area contributed by atoms with Gasteiger partial charge in [0, 0.05) is 6.54 Å². The van der Waals surface area contributed by atoms with Gasteiger partial charge in [-0.15, -0.1) is 0 Å². The van der Waals surface area contributed by atoms with E-state index in [1.807, 2.05) is 0 Å². The normalized spacial score (nSPS) is 28.6. The average molecular weight is 184 g/mol. The van der Waals surface area contributed by atoms with Crippen LogP contribution in [0.25, 0.3) is 0 Å². The van der Waals surface area contributed by atoms with Crippen molar-refractivity contribution in [3.8, 4) is 0 Å². The first-order valence-electron chi connectivity index (χ1n) is 5.74. The molecular formula is C11H24N2. The Morgan fingerprint density at radius 2 is 1.77 bits per heavy atom. The molecule has 1 fully saturated rings. The maximum absolute atomic E-state index is 5.76. The topological polar surface area (TPSA) is 29.3 Å². The summed E-state index contributed by atoms with van der Waals surface area (Å²) >= 11 is 0. The fourth-order valence-electron chi connectivity index (χ4n) is 2.48. The Morgan fingerprint density at radius 1 is 1.15 bits per heavy atom. The van der Waals surface area contributed by atoms with Crippen molar-refractivity contribution in [3.05, 3.63) is 0 Å². The van der Waals surface area contributed by atoms with Gasteiger partial charge in [0.1, 0.15) is 0 Å². The molecule has 0 aromatic rings. The highest BCUT2D eigenvalue weighted by molar-refractivity contribution is 4.80. The summed E-state index contributed by atoms with van der Waals surface area (Å²) < 4.78 is 0. The Balaban J connectivity index is 2.33. The van der Waals surface area contributed by atoms with Gasteiger partial charge in [-0.05, 0) is 44.3 Å². The molecule has 2 heteroatoms. The third kappa shape index (κ3) is 2.96. The molecule has 0 aliphatic heterocycles. The van der Waals surface area contributed by atoms with Crippen molar-refractivity contribution in [3.63, 3.8) is 0 Å². The van der Waals surface area contributed by atoms with Gasteiger partial charge in [0.25, 0.3) is 0 Å². The molecule has 1 saturated carbocycles.